The maximum absolute atomic E-state index is 3.60. The van der Waals surface area contributed by atoms with Gasteiger partial charge in [0.15, 0.2) is 0 Å². The lowest BCUT2D eigenvalue weighted by atomic mass is 10.1. The van der Waals surface area contributed by atoms with Crippen LogP contribution in [-0.2, 0) is 6.54 Å². The van der Waals surface area contributed by atoms with E-state index >= 15 is 0 Å². The van der Waals surface area contributed by atoms with Crippen LogP contribution < -0.4 is 5.32 Å². The summed E-state index contributed by atoms with van der Waals surface area (Å²) in [5, 5.41) is 3.44. The van der Waals surface area contributed by atoms with Gasteiger partial charge in [0.25, 0.3) is 0 Å². The van der Waals surface area contributed by atoms with Crippen molar-refractivity contribution in [3.8, 4) is 0 Å². The van der Waals surface area contributed by atoms with Crippen molar-refractivity contribution in [3.05, 3.63) is 62.0 Å². The molecule has 1 N–H and O–H groups in total. The molecule has 0 aromatic heterocycles. The van der Waals surface area contributed by atoms with Gasteiger partial charge in [0.2, 0.25) is 0 Å². The highest BCUT2D eigenvalue weighted by Gasteiger charge is 2.02. The Hall–Kier alpha value is -0.800. The summed E-state index contributed by atoms with van der Waals surface area (Å²) in [6.07, 6.45) is 0. The van der Waals surface area contributed by atoms with Crippen molar-refractivity contribution in [2.45, 2.75) is 20.4 Å². The van der Waals surface area contributed by atoms with E-state index < -0.39 is 0 Å². The third-order valence-electron chi connectivity index (χ3n) is 2.80. The van der Waals surface area contributed by atoms with Crippen LogP contribution in [0.3, 0.4) is 0 Å². The molecule has 2 aromatic rings. The van der Waals surface area contributed by atoms with Crippen molar-refractivity contribution < 1.29 is 0 Å². The zero-order valence-electron chi connectivity index (χ0n) is 10.4. The van der Waals surface area contributed by atoms with Gasteiger partial charge in [-0.25, -0.2) is 0 Å². The topological polar surface area (TPSA) is 12.0 Å². The Kier molecular flexibility index (Phi) is 4.46. The van der Waals surface area contributed by atoms with Gasteiger partial charge in [0, 0.05) is 21.2 Å². The highest BCUT2D eigenvalue weighted by atomic mass is 79.9. The van der Waals surface area contributed by atoms with E-state index in [2.05, 4.69) is 87.4 Å². The van der Waals surface area contributed by atoms with Crippen LogP contribution in [0.15, 0.2) is 45.3 Å². The number of nitrogens with one attached hydrogen (secondary N) is 1. The first-order chi connectivity index (χ1) is 8.56. The van der Waals surface area contributed by atoms with Gasteiger partial charge in [-0.05, 0) is 64.7 Å². The Bertz CT molecular complexity index is 513. The normalized spacial score (nSPS) is 10.4. The van der Waals surface area contributed by atoms with E-state index in [0.29, 0.717) is 0 Å². The fraction of sp³-hybridized carbons (Fsp3) is 0.200. The molecule has 0 heterocycles. The molecule has 0 saturated heterocycles. The van der Waals surface area contributed by atoms with Gasteiger partial charge in [0.05, 0.1) is 0 Å². The number of hydrogen-bond donors (Lipinski definition) is 1. The van der Waals surface area contributed by atoms with Crippen LogP contribution in [0, 0.1) is 13.8 Å². The zero-order chi connectivity index (χ0) is 13.1. The fourth-order valence-corrected chi connectivity index (χ4v) is 3.02. The first-order valence-electron chi connectivity index (χ1n) is 5.81. The van der Waals surface area contributed by atoms with Crippen molar-refractivity contribution in [3.63, 3.8) is 0 Å². The smallest absolute Gasteiger partial charge is 0.0487 e. The van der Waals surface area contributed by atoms with E-state index in [1.54, 1.807) is 0 Å². The second-order valence-electron chi connectivity index (χ2n) is 4.43. The van der Waals surface area contributed by atoms with Gasteiger partial charge in [-0.15, -0.1) is 0 Å². The lowest BCUT2D eigenvalue weighted by Crippen LogP contribution is -2.01. The summed E-state index contributed by atoms with van der Waals surface area (Å²) in [5.74, 6) is 0. The highest BCUT2D eigenvalue weighted by Crippen LogP contribution is 2.25. The minimum Gasteiger partial charge on any atom is -0.380 e. The highest BCUT2D eigenvalue weighted by molar-refractivity contribution is 9.11. The minimum absolute atomic E-state index is 0.808. The molecule has 0 aliphatic rings. The van der Waals surface area contributed by atoms with Gasteiger partial charge in [-0.3, -0.25) is 0 Å². The third-order valence-corrected chi connectivity index (χ3v) is 4.20. The standard InChI is InChI=1S/C15H15Br2N/c1-10-3-5-12(13(16)7-10)9-18-15-6-4-11(2)8-14(15)17/h3-8,18H,9H2,1-2H3. The van der Waals surface area contributed by atoms with E-state index in [1.165, 1.54) is 16.7 Å². The summed E-state index contributed by atoms with van der Waals surface area (Å²) >= 11 is 7.18. The number of aryl methyl sites for hydroxylation is 2. The average Bonchev–Trinajstić information content (AvgIpc) is 2.30. The van der Waals surface area contributed by atoms with Crippen molar-refractivity contribution in [2.24, 2.45) is 0 Å². The fourth-order valence-electron chi connectivity index (χ4n) is 1.75. The van der Waals surface area contributed by atoms with Crippen LogP contribution in [-0.4, -0.2) is 0 Å². The average molecular weight is 369 g/mol. The molecule has 1 nitrogen and oxygen atoms in total. The van der Waals surface area contributed by atoms with E-state index in [-0.39, 0.29) is 0 Å². The molecule has 0 aliphatic heterocycles. The predicted octanol–water partition coefficient (Wildman–Crippen LogP) is 5.44. The number of benzene rings is 2. The molecule has 0 bridgehead atoms. The minimum atomic E-state index is 0.808. The molecular weight excluding hydrogens is 354 g/mol. The van der Waals surface area contributed by atoms with Crippen molar-refractivity contribution in [1.29, 1.82) is 0 Å². The summed E-state index contributed by atoms with van der Waals surface area (Å²) in [7, 11) is 0. The zero-order valence-corrected chi connectivity index (χ0v) is 13.6. The molecule has 0 saturated carbocycles. The molecule has 0 radical (unpaired) electrons. The van der Waals surface area contributed by atoms with Crippen LogP contribution >= 0.6 is 31.9 Å². The van der Waals surface area contributed by atoms with Gasteiger partial charge in [-0.1, -0.05) is 34.1 Å². The Morgan fingerprint density at radius 2 is 1.50 bits per heavy atom. The summed E-state index contributed by atoms with van der Waals surface area (Å²) in [6, 6.07) is 12.7. The van der Waals surface area contributed by atoms with Crippen molar-refractivity contribution in [1.82, 2.24) is 0 Å². The summed E-state index contributed by atoms with van der Waals surface area (Å²) in [4.78, 5) is 0. The van der Waals surface area contributed by atoms with Gasteiger partial charge >= 0.3 is 0 Å². The van der Waals surface area contributed by atoms with Crippen LogP contribution in [0.25, 0.3) is 0 Å². The monoisotopic (exact) mass is 367 g/mol. The first-order valence-corrected chi connectivity index (χ1v) is 7.40. The van der Waals surface area contributed by atoms with Gasteiger partial charge < -0.3 is 5.32 Å². The Morgan fingerprint density at radius 3 is 2.11 bits per heavy atom. The summed E-state index contributed by atoms with van der Waals surface area (Å²) in [5.41, 5.74) is 4.90. The number of anilines is 1. The van der Waals surface area contributed by atoms with Crippen LogP contribution in [0.2, 0.25) is 0 Å². The molecule has 0 spiro atoms. The summed E-state index contributed by atoms with van der Waals surface area (Å²) < 4.78 is 2.25. The maximum Gasteiger partial charge on any atom is 0.0487 e. The van der Waals surface area contributed by atoms with E-state index in [0.717, 1.165) is 21.2 Å². The van der Waals surface area contributed by atoms with Crippen molar-refractivity contribution in [2.75, 3.05) is 5.32 Å². The first kappa shape index (κ1) is 13.6. The van der Waals surface area contributed by atoms with E-state index in [4.69, 9.17) is 0 Å². The summed E-state index contributed by atoms with van der Waals surface area (Å²) in [6.45, 7) is 4.99. The molecule has 0 amide bonds. The molecule has 2 rings (SSSR count). The molecule has 94 valence electrons. The lowest BCUT2D eigenvalue weighted by Gasteiger charge is -2.11. The van der Waals surface area contributed by atoms with Crippen LogP contribution in [0.1, 0.15) is 16.7 Å². The Labute approximate surface area is 125 Å². The Balaban J connectivity index is 2.11. The third kappa shape index (κ3) is 3.36. The molecule has 0 fully saturated rings. The Morgan fingerprint density at radius 1 is 0.889 bits per heavy atom. The molecule has 18 heavy (non-hydrogen) atoms. The van der Waals surface area contributed by atoms with E-state index in [1.807, 2.05) is 0 Å². The van der Waals surface area contributed by atoms with Crippen molar-refractivity contribution >= 4 is 37.5 Å². The molecule has 0 aliphatic carbocycles. The molecule has 2 aromatic carbocycles. The van der Waals surface area contributed by atoms with E-state index in [9.17, 15) is 0 Å². The largest absolute Gasteiger partial charge is 0.380 e. The number of halogens is 2. The number of hydrogen-bond acceptors (Lipinski definition) is 1. The maximum atomic E-state index is 3.60. The predicted molar refractivity (Wildman–Crippen MR) is 85.1 cm³/mol. The SMILES string of the molecule is Cc1ccc(CNc2ccc(C)cc2Br)c(Br)c1. The molecule has 0 unspecified atom stereocenters. The second-order valence-corrected chi connectivity index (χ2v) is 6.14. The van der Waals surface area contributed by atoms with Crippen LogP contribution in [0.5, 0.6) is 0 Å². The number of rotatable bonds is 3. The molecular formula is C15H15Br2N. The molecule has 3 heteroatoms. The molecule has 0 atom stereocenters. The second kappa shape index (κ2) is 5.89. The van der Waals surface area contributed by atoms with Gasteiger partial charge in [0.1, 0.15) is 0 Å². The lowest BCUT2D eigenvalue weighted by molar-refractivity contribution is 1.13. The van der Waals surface area contributed by atoms with Gasteiger partial charge in [-0.2, -0.15) is 0 Å². The quantitative estimate of drug-likeness (QED) is 0.760. The van der Waals surface area contributed by atoms with Crippen LogP contribution in [0.4, 0.5) is 5.69 Å².